The van der Waals surface area contributed by atoms with E-state index in [1.807, 2.05) is 10.9 Å². The quantitative estimate of drug-likeness (QED) is 0.356. The third kappa shape index (κ3) is 4.77. The van der Waals surface area contributed by atoms with Crippen LogP contribution in [0.15, 0.2) is 72.9 Å². The topological polar surface area (TPSA) is 24.3 Å². The van der Waals surface area contributed by atoms with Crippen molar-refractivity contribution in [1.29, 1.82) is 0 Å². The van der Waals surface area contributed by atoms with Gasteiger partial charge in [-0.05, 0) is 65.9 Å². The summed E-state index contributed by atoms with van der Waals surface area (Å²) in [5.41, 5.74) is 5.95. The number of aromatic nitrogens is 2. The lowest BCUT2D eigenvalue weighted by Gasteiger charge is -2.43. The highest BCUT2D eigenvalue weighted by molar-refractivity contribution is 5.82. The molecule has 0 saturated carbocycles. The Balaban J connectivity index is 1.47. The van der Waals surface area contributed by atoms with E-state index < -0.39 is 0 Å². The van der Waals surface area contributed by atoms with Gasteiger partial charge in [0.25, 0.3) is 0 Å². The van der Waals surface area contributed by atoms with E-state index in [9.17, 15) is 4.39 Å². The van der Waals surface area contributed by atoms with Crippen molar-refractivity contribution in [2.24, 2.45) is 5.92 Å². The van der Waals surface area contributed by atoms with Crippen molar-refractivity contribution >= 4 is 10.9 Å². The van der Waals surface area contributed by atoms with Crippen LogP contribution in [0, 0.1) is 18.7 Å². The first-order valence-electron chi connectivity index (χ1n) is 12.2. The molecule has 0 amide bonds. The van der Waals surface area contributed by atoms with Gasteiger partial charge < -0.3 is 0 Å². The van der Waals surface area contributed by atoms with Crippen LogP contribution in [0.2, 0.25) is 0 Å². The Labute approximate surface area is 201 Å². The van der Waals surface area contributed by atoms with Gasteiger partial charge in [-0.2, -0.15) is 5.10 Å². The van der Waals surface area contributed by atoms with Gasteiger partial charge in [-0.25, -0.2) is 9.07 Å². The summed E-state index contributed by atoms with van der Waals surface area (Å²) in [6, 6.07) is 22.2. The van der Waals surface area contributed by atoms with Gasteiger partial charge in [0.2, 0.25) is 0 Å². The second-order valence-corrected chi connectivity index (χ2v) is 9.93. The van der Waals surface area contributed by atoms with E-state index in [0.717, 1.165) is 49.3 Å². The smallest absolute Gasteiger partial charge is 0.123 e. The molecule has 0 spiro atoms. The maximum atomic E-state index is 13.4. The van der Waals surface area contributed by atoms with E-state index in [1.54, 1.807) is 12.1 Å². The first-order valence-corrected chi connectivity index (χ1v) is 12.2. The van der Waals surface area contributed by atoms with Crippen LogP contribution in [0.3, 0.4) is 0 Å². The van der Waals surface area contributed by atoms with Gasteiger partial charge in [-0.15, -0.1) is 0 Å². The Hall–Kier alpha value is -3.02. The predicted molar refractivity (Wildman–Crippen MR) is 137 cm³/mol. The molecule has 4 nitrogen and oxygen atoms in total. The number of fused-ring (bicyclic) bond motifs is 1. The van der Waals surface area contributed by atoms with Crippen LogP contribution in [0.25, 0.3) is 16.6 Å². The van der Waals surface area contributed by atoms with Crippen molar-refractivity contribution in [3.63, 3.8) is 0 Å². The van der Waals surface area contributed by atoms with Crippen molar-refractivity contribution in [2.45, 2.75) is 33.4 Å². The third-order valence-electron chi connectivity index (χ3n) is 6.81. The van der Waals surface area contributed by atoms with E-state index in [4.69, 9.17) is 0 Å². The number of benzene rings is 3. The second kappa shape index (κ2) is 9.69. The molecule has 0 N–H and O–H groups in total. The van der Waals surface area contributed by atoms with Gasteiger partial charge in [-0.3, -0.25) is 9.80 Å². The van der Waals surface area contributed by atoms with Gasteiger partial charge in [-0.1, -0.05) is 44.2 Å². The zero-order chi connectivity index (χ0) is 23.7. The van der Waals surface area contributed by atoms with Gasteiger partial charge in [0.05, 0.1) is 17.4 Å². The number of aryl methyl sites for hydroxylation is 1. The van der Waals surface area contributed by atoms with E-state index in [1.165, 1.54) is 28.8 Å². The molecule has 3 aromatic carbocycles. The molecule has 4 aromatic rings. The highest BCUT2D eigenvalue weighted by atomic mass is 19.1. The molecule has 1 aliphatic heterocycles. The van der Waals surface area contributed by atoms with Crippen molar-refractivity contribution in [1.82, 2.24) is 19.6 Å². The minimum Gasteiger partial charge on any atom is -0.296 e. The molecular formula is C29H33FN4. The molecule has 5 rings (SSSR count). The first kappa shape index (κ1) is 22.8. The van der Waals surface area contributed by atoms with Gasteiger partial charge in [0.15, 0.2) is 0 Å². The minimum atomic E-state index is -0.235. The van der Waals surface area contributed by atoms with Gasteiger partial charge in [0.1, 0.15) is 5.82 Å². The summed E-state index contributed by atoms with van der Waals surface area (Å²) in [6.45, 7) is 12.1. The van der Waals surface area contributed by atoms with Crippen LogP contribution in [0.5, 0.6) is 0 Å². The monoisotopic (exact) mass is 456 g/mol. The molecule has 34 heavy (non-hydrogen) atoms. The van der Waals surface area contributed by atoms with E-state index >= 15 is 0 Å². The highest BCUT2D eigenvalue weighted by Gasteiger charge is 2.30. The summed E-state index contributed by atoms with van der Waals surface area (Å²) < 4.78 is 15.3. The van der Waals surface area contributed by atoms with Gasteiger partial charge >= 0.3 is 0 Å². The molecule has 1 fully saturated rings. The number of nitrogens with zero attached hydrogens (tertiary/aromatic N) is 4. The van der Waals surface area contributed by atoms with Crippen LogP contribution >= 0.6 is 0 Å². The van der Waals surface area contributed by atoms with Crippen molar-refractivity contribution in [2.75, 3.05) is 26.2 Å². The van der Waals surface area contributed by atoms with Crippen molar-refractivity contribution in [3.05, 3.63) is 95.4 Å². The fourth-order valence-electron chi connectivity index (χ4n) is 5.19. The van der Waals surface area contributed by atoms with Gasteiger partial charge in [0, 0.05) is 44.2 Å². The molecule has 176 valence electrons. The summed E-state index contributed by atoms with van der Waals surface area (Å²) in [6.07, 6.45) is 1.93. The Bertz CT molecular complexity index is 1250. The van der Waals surface area contributed by atoms with Crippen molar-refractivity contribution in [3.8, 4) is 5.69 Å². The minimum absolute atomic E-state index is 0.235. The lowest BCUT2D eigenvalue weighted by atomic mass is 9.95. The molecule has 0 aliphatic carbocycles. The summed E-state index contributed by atoms with van der Waals surface area (Å²) >= 11 is 0. The van der Waals surface area contributed by atoms with E-state index in [0.29, 0.717) is 12.0 Å². The molecule has 1 aliphatic rings. The molecule has 1 atom stereocenters. The summed E-state index contributed by atoms with van der Waals surface area (Å²) in [7, 11) is 0. The molecular weight excluding hydrogens is 423 g/mol. The third-order valence-corrected chi connectivity index (χ3v) is 6.81. The maximum Gasteiger partial charge on any atom is 0.123 e. The fraction of sp³-hybridized carbons (Fsp3) is 0.345. The standard InChI is InChI=1S/C29H33FN4/c1-21(2)18-33-14-13-32(19-23-7-5-4-6-8-23)20-29(33)27-16-24-17-31-34(28(24)15-22(27)3)26-11-9-25(30)10-12-26/h4-12,15-17,21,29H,13-14,18-20H2,1-3H3/t29-/m1/s1. The van der Waals surface area contributed by atoms with Crippen LogP contribution in [0.4, 0.5) is 4.39 Å². The van der Waals surface area contributed by atoms with Crippen molar-refractivity contribution < 1.29 is 4.39 Å². The van der Waals surface area contributed by atoms with E-state index in [2.05, 4.69) is 78.1 Å². The van der Waals surface area contributed by atoms with Crippen LogP contribution in [0.1, 0.15) is 36.6 Å². The SMILES string of the molecule is Cc1cc2c(cnn2-c2ccc(F)cc2)cc1[C@H]1CN(Cc2ccccc2)CCN1CC(C)C. The second-order valence-electron chi connectivity index (χ2n) is 9.93. The zero-order valence-corrected chi connectivity index (χ0v) is 20.3. The molecule has 0 bridgehead atoms. The summed E-state index contributed by atoms with van der Waals surface area (Å²) in [5, 5.41) is 5.75. The number of rotatable bonds is 6. The zero-order valence-electron chi connectivity index (χ0n) is 20.3. The molecule has 2 heterocycles. The summed E-state index contributed by atoms with van der Waals surface area (Å²) in [5.74, 6) is 0.384. The summed E-state index contributed by atoms with van der Waals surface area (Å²) in [4.78, 5) is 5.24. The molecule has 1 saturated heterocycles. The lowest BCUT2D eigenvalue weighted by molar-refractivity contribution is 0.0605. The molecule has 0 radical (unpaired) electrons. The number of hydrogen-bond donors (Lipinski definition) is 0. The first-order chi connectivity index (χ1) is 16.5. The van der Waals surface area contributed by atoms with E-state index in [-0.39, 0.29) is 5.82 Å². The number of halogens is 1. The average Bonchev–Trinajstić information content (AvgIpc) is 3.23. The fourth-order valence-corrected chi connectivity index (χ4v) is 5.19. The Kier molecular flexibility index (Phi) is 6.48. The lowest BCUT2D eigenvalue weighted by Crippen LogP contribution is -2.49. The molecule has 1 aromatic heterocycles. The number of piperazine rings is 1. The molecule has 5 heteroatoms. The largest absolute Gasteiger partial charge is 0.296 e. The molecule has 0 unspecified atom stereocenters. The Morgan fingerprint density at radius 3 is 2.50 bits per heavy atom. The maximum absolute atomic E-state index is 13.4. The highest BCUT2D eigenvalue weighted by Crippen LogP contribution is 2.32. The Morgan fingerprint density at radius 2 is 1.76 bits per heavy atom. The van der Waals surface area contributed by atoms with Crippen LogP contribution < -0.4 is 0 Å². The number of hydrogen-bond acceptors (Lipinski definition) is 3. The van der Waals surface area contributed by atoms with Crippen LogP contribution in [-0.4, -0.2) is 45.8 Å². The average molecular weight is 457 g/mol. The Morgan fingerprint density at radius 1 is 1.00 bits per heavy atom. The van der Waals surface area contributed by atoms with Crippen LogP contribution in [-0.2, 0) is 6.54 Å². The predicted octanol–water partition coefficient (Wildman–Crippen LogP) is 5.99. The normalized spacial score (nSPS) is 17.6.